The SMILES string of the molecule is CCCCCCN1/C(=C/C(C)=C/c2oc3ccccc3[n+]2CCCCCC)Oc2ccccc21. The lowest BCUT2D eigenvalue weighted by Crippen LogP contribution is -2.35. The lowest BCUT2D eigenvalue weighted by atomic mass is 10.2. The van der Waals surface area contributed by atoms with E-state index in [1.54, 1.807) is 0 Å². The van der Waals surface area contributed by atoms with Crippen molar-refractivity contribution in [3.05, 3.63) is 72.0 Å². The minimum absolute atomic E-state index is 0.900. The molecule has 0 spiro atoms. The average Bonchev–Trinajstić information content (AvgIpc) is 3.36. The van der Waals surface area contributed by atoms with Crippen LogP contribution in [0.1, 0.15) is 78.0 Å². The Hall–Kier alpha value is -3.01. The number of oxazole rings is 1. The summed E-state index contributed by atoms with van der Waals surface area (Å²) in [7, 11) is 0. The zero-order valence-electron chi connectivity index (χ0n) is 21.1. The molecule has 0 radical (unpaired) electrons. The molecule has 0 saturated heterocycles. The predicted molar refractivity (Wildman–Crippen MR) is 141 cm³/mol. The lowest BCUT2D eigenvalue weighted by Gasteiger charge is -2.18. The molecular weight excluding hydrogens is 420 g/mol. The molecule has 1 aliphatic rings. The van der Waals surface area contributed by atoms with Gasteiger partial charge in [-0.15, -0.1) is 0 Å². The monoisotopic (exact) mass is 459 g/mol. The summed E-state index contributed by atoms with van der Waals surface area (Å²) in [6.07, 6.45) is 14.1. The van der Waals surface area contributed by atoms with Crippen LogP contribution in [0, 0.1) is 0 Å². The number of rotatable bonds is 12. The highest BCUT2D eigenvalue weighted by Gasteiger charge is 2.26. The molecule has 4 rings (SSSR count). The van der Waals surface area contributed by atoms with Crippen molar-refractivity contribution in [2.24, 2.45) is 0 Å². The summed E-state index contributed by atoms with van der Waals surface area (Å²) in [5.74, 6) is 2.74. The Morgan fingerprint density at radius 3 is 2.44 bits per heavy atom. The second-order valence-electron chi connectivity index (χ2n) is 9.27. The molecule has 0 amide bonds. The smallest absolute Gasteiger partial charge is 0.374 e. The first-order valence-corrected chi connectivity index (χ1v) is 13.1. The first kappa shape index (κ1) is 24.1. The molecule has 1 aromatic heterocycles. The van der Waals surface area contributed by atoms with E-state index in [2.05, 4.69) is 78.8 Å². The van der Waals surface area contributed by atoms with E-state index in [1.165, 1.54) is 38.5 Å². The van der Waals surface area contributed by atoms with Crippen molar-refractivity contribution >= 4 is 22.9 Å². The van der Waals surface area contributed by atoms with Gasteiger partial charge in [0.2, 0.25) is 11.5 Å². The van der Waals surface area contributed by atoms with E-state index in [4.69, 9.17) is 9.15 Å². The third kappa shape index (κ3) is 5.72. The highest BCUT2D eigenvalue weighted by atomic mass is 16.5. The van der Waals surface area contributed by atoms with Crippen LogP contribution in [0.5, 0.6) is 5.75 Å². The van der Waals surface area contributed by atoms with E-state index in [9.17, 15) is 0 Å². The number of aryl methyl sites for hydroxylation is 1. The Labute approximate surface area is 204 Å². The fourth-order valence-electron chi connectivity index (χ4n) is 4.61. The molecule has 180 valence electrons. The van der Waals surface area contributed by atoms with Crippen molar-refractivity contribution in [3.8, 4) is 5.75 Å². The number of hydrogen-bond donors (Lipinski definition) is 0. The number of allylic oxidation sites excluding steroid dienone is 2. The molecule has 0 atom stereocenters. The van der Waals surface area contributed by atoms with E-state index in [1.807, 2.05) is 12.1 Å². The zero-order valence-corrected chi connectivity index (χ0v) is 21.1. The second kappa shape index (κ2) is 11.9. The quantitative estimate of drug-likeness (QED) is 0.203. The molecule has 0 bridgehead atoms. The van der Waals surface area contributed by atoms with Crippen molar-refractivity contribution in [1.82, 2.24) is 0 Å². The van der Waals surface area contributed by atoms with Crippen LogP contribution in [0.4, 0.5) is 5.69 Å². The van der Waals surface area contributed by atoms with E-state index < -0.39 is 0 Å². The van der Waals surface area contributed by atoms with Gasteiger partial charge in [-0.2, -0.15) is 4.57 Å². The maximum absolute atomic E-state index is 6.27. The standard InChI is InChI=1S/C30H39N2O2/c1-4-6-8-14-20-31-25-16-10-12-18-27(25)33-29(31)22-24(3)23-30-32(21-15-9-7-5-2)26-17-11-13-19-28(26)34-30/h10-13,16-19,22-23H,4-9,14-15,20-21H2,1-3H3/q+1. The Kier molecular flexibility index (Phi) is 8.46. The van der Waals surface area contributed by atoms with Crippen LogP contribution < -0.4 is 14.2 Å². The summed E-state index contributed by atoms with van der Waals surface area (Å²) in [5.41, 5.74) is 4.37. The molecule has 1 aliphatic heterocycles. The van der Waals surface area contributed by atoms with Crippen LogP contribution in [-0.2, 0) is 6.54 Å². The first-order valence-electron chi connectivity index (χ1n) is 13.1. The zero-order chi connectivity index (χ0) is 23.8. The average molecular weight is 460 g/mol. The Morgan fingerprint density at radius 2 is 1.62 bits per heavy atom. The van der Waals surface area contributed by atoms with Crippen molar-refractivity contribution < 1.29 is 13.7 Å². The number of nitrogens with zero attached hydrogens (tertiary/aromatic N) is 2. The van der Waals surface area contributed by atoms with Crippen LogP contribution in [0.2, 0.25) is 0 Å². The predicted octanol–water partition coefficient (Wildman–Crippen LogP) is 8.02. The van der Waals surface area contributed by atoms with Crippen molar-refractivity contribution in [2.45, 2.75) is 78.7 Å². The maximum atomic E-state index is 6.27. The maximum Gasteiger partial charge on any atom is 0.374 e. The third-order valence-corrected chi connectivity index (χ3v) is 6.45. The fraction of sp³-hybridized carbons (Fsp3) is 0.433. The van der Waals surface area contributed by atoms with Crippen LogP contribution in [-0.4, -0.2) is 6.54 Å². The summed E-state index contributed by atoms with van der Waals surface area (Å²) in [4.78, 5) is 2.32. The third-order valence-electron chi connectivity index (χ3n) is 6.45. The largest absolute Gasteiger partial charge is 0.439 e. The van der Waals surface area contributed by atoms with Crippen LogP contribution in [0.15, 0.2) is 70.5 Å². The number of unbranched alkanes of at least 4 members (excludes halogenated alkanes) is 6. The molecule has 0 aliphatic carbocycles. The topological polar surface area (TPSA) is 29.5 Å². The van der Waals surface area contributed by atoms with Gasteiger partial charge in [0.05, 0.1) is 11.8 Å². The summed E-state index contributed by atoms with van der Waals surface area (Å²) in [6.45, 7) is 8.57. The minimum atomic E-state index is 0.900. The van der Waals surface area contributed by atoms with Gasteiger partial charge < -0.3 is 14.1 Å². The van der Waals surface area contributed by atoms with Gasteiger partial charge >= 0.3 is 5.89 Å². The number of aromatic nitrogens is 1. The molecule has 4 nitrogen and oxygen atoms in total. The van der Waals surface area contributed by atoms with Gasteiger partial charge in [0, 0.05) is 25.1 Å². The molecule has 2 heterocycles. The van der Waals surface area contributed by atoms with E-state index in [0.717, 1.165) is 65.8 Å². The van der Waals surface area contributed by atoms with Gasteiger partial charge in [-0.1, -0.05) is 70.2 Å². The number of fused-ring (bicyclic) bond motifs is 2. The second-order valence-corrected chi connectivity index (χ2v) is 9.27. The molecule has 0 fully saturated rings. The van der Waals surface area contributed by atoms with Gasteiger partial charge in [-0.25, -0.2) is 0 Å². The van der Waals surface area contributed by atoms with Crippen LogP contribution >= 0.6 is 0 Å². The number of benzene rings is 2. The molecule has 0 saturated carbocycles. The summed E-state index contributed by atoms with van der Waals surface area (Å²) in [5, 5.41) is 0. The fourth-order valence-corrected chi connectivity index (χ4v) is 4.61. The minimum Gasteiger partial charge on any atom is -0.439 e. The summed E-state index contributed by atoms with van der Waals surface area (Å²) >= 11 is 0. The van der Waals surface area contributed by atoms with Crippen molar-refractivity contribution in [2.75, 3.05) is 11.4 Å². The Morgan fingerprint density at radius 1 is 0.882 bits per heavy atom. The van der Waals surface area contributed by atoms with Crippen LogP contribution in [0.25, 0.3) is 17.2 Å². The van der Waals surface area contributed by atoms with Gasteiger partial charge in [-0.3, -0.25) is 0 Å². The van der Waals surface area contributed by atoms with Crippen molar-refractivity contribution in [1.29, 1.82) is 0 Å². The molecular formula is C30H39N2O2+. The van der Waals surface area contributed by atoms with E-state index >= 15 is 0 Å². The number of anilines is 1. The Balaban J connectivity index is 1.59. The van der Waals surface area contributed by atoms with Gasteiger partial charge in [0.25, 0.3) is 5.52 Å². The molecule has 0 N–H and O–H groups in total. The molecule has 3 aromatic rings. The molecule has 0 unspecified atom stereocenters. The Bertz CT molecular complexity index is 1140. The number of ether oxygens (including phenoxy) is 1. The van der Waals surface area contributed by atoms with Crippen LogP contribution in [0.3, 0.4) is 0 Å². The summed E-state index contributed by atoms with van der Waals surface area (Å²) in [6, 6.07) is 16.7. The van der Waals surface area contributed by atoms with E-state index in [-0.39, 0.29) is 0 Å². The highest BCUT2D eigenvalue weighted by molar-refractivity contribution is 5.70. The number of hydrogen-bond acceptors (Lipinski definition) is 3. The molecule has 34 heavy (non-hydrogen) atoms. The van der Waals surface area contributed by atoms with Gasteiger partial charge in [0.1, 0.15) is 0 Å². The van der Waals surface area contributed by atoms with Crippen molar-refractivity contribution in [3.63, 3.8) is 0 Å². The lowest BCUT2D eigenvalue weighted by molar-refractivity contribution is -0.678. The normalized spacial score (nSPS) is 14.7. The molecule has 2 aromatic carbocycles. The van der Waals surface area contributed by atoms with Gasteiger partial charge in [0.15, 0.2) is 12.3 Å². The number of para-hydroxylation sites is 4. The van der Waals surface area contributed by atoms with Gasteiger partial charge in [-0.05, 0) is 43.5 Å². The summed E-state index contributed by atoms with van der Waals surface area (Å²) < 4.78 is 14.9. The van der Waals surface area contributed by atoms with E-state index in [0.29, 0.717) is 0 Å². The highest BCUT2D eigenvalue weighted by Crippen LogP contribution is 2.39. The molecule has 4 heteroatoms. The first-order chi connectivity index (χ1) is 16.7.